The first kappa shape index (κ1) is 16.0. The highest BCUT2D eigenvalue weighted by Gasteiger charge is 2.28. The van der Waals surface area contributed by atoms with E-state index in [1.54, 1.807) is 7.05 Å². The highest BCUT2D eigenvalue weighted by atomic mass is 16.6. The van der Waals surface area contributed by atoms with Gasteiger partial charge in [-0.15, -0.1) is 0 Å². The molecule has 1 N–H and O–H groups in total. The zero-order valence-electron chi connectivity index (χ0n) is 12.5. The number of hydrogen-bond donors (Lipinski definition) is 1. The Hall–Kier alpha value is -1.10. The van der Waals surface area contributed by atoms with Crippen LogP contribution in [0, 0.1) is 0 Å². The minimum atomic E-state index is -0.445. The molecule has 110 valence electrons. The van der Waals surface area contributed by atoms with Crippen LogP contribution in [0.4, 0.5) is 0 Å². The lowest BCUT2D eigenvalue weighted by atomic mass is 10.0. The molecule has 0 aromatic carbocycles. The Morgan fingerprint density at radius 3 is 2.58 bits per heavy atom. The smallest absolute Gasteiger partial charge is 0.307 e. The standard InChI is InChI=1S/C14H26N2O3/c1-14(2,3)19-12(17)8-10-16-9-6-5-7-11(16)13(18)15-4/h11H,5-10H2,1-4H3,(H,15,18). The predicted molar refractivity (Wildman–Crippen MR) is 73.7 cm³/mol. The van der Waals surface area contributed by atoms with Crippen molar-refractivity contribution in [3.63, 3.8) is 0 Å². The van der Waals surface area contributed by atoms with E-state index in [0.29, 0.717) is 13.0 Å². The Morgan fingerprint density at radius 1 is 1.32 bits per heavy atom. The van der Waals surface area contributed by atoms with E-state index >= 15 is 0 Å². The molecule has 1 aliphatic heterocycles. The Balaban J connectivity index is 2.45. The first-order valence-corrected chi connectivity index (χ1v) is 7.01. The third-order valence-corrected chi connectivity index (χ3v) is 3.19. The molecular weight excluding hydrogens is 244 g/mol. The average Bonchev–Trinajstić information content (AvgIpc) is 2.33. The topological polar surface area (TPSA) is 58.6 Å². The largest absolute Gasteiger partial charge is 0.460 e. The maximum atomic E-state index is 11.8. The van der Waals surface area contributed by atoms with Gasteiger partial charge in [0.2, 0.25) is 5.91 Å². The molecule has 19 heavy (non-hydrogen) atoms. The van der Waals surface area contributed by atoms with Gasteiger partial charge in [0.15, 0.2) is 0 Å². The van der Waals surface area contributed by atoms with Crippen molar-refractivity contribution in [2.24, 2.45) is 0 Å². The van der Waals surface area contributed by atoms with Crippen LogP contribution in [-0.4, -0.2) is 48.6 Å². The molecule has 0 aromatic heterocycles. The molecule has 0 aromatic rings. The van der Waals surface area contributed by atoms with Crippen molar-refractivity contribution < 1.29 is 14.3 Å². The first-order chi connectivity index (χ1) is 8.83. The maximum Gasteiger partial charge on any atom is 0.307 e. The first-order valence-electron chi connectivity index (χ1n) is 7.01. The van der Waals surface area contributed by atoms with Crippen molar-refractivity contribution in [3.05, 3.63) is 0 Å². The summed E-state index contributed by atoms with van der Waals surface area (Å²) in [6.45, 7) is 7.05. The molecule has 1 saturated heterocycles. The Labute approximate surface area is 115 Å². The molecular formula is C14H26N2O3. The fourth-order valence-electron chi connectivity index (χ4n) is 2.35. The van der Waals surface area contributed by atoms with Crippen molar-refractivity contribution in [2.75, 3.05) is 20.1 Å². The molecule has 0 saturated carbocycles. The van der Waals surface area contributed by atoms with E-state index in [2.05, 4.69) is 10.2 Å². The summed E-state index contributed by atoms with van der Waals surface area (Å²) in [5, 5.41) is 2.69. The van der Waals surface area contributed by atoms with Crippen LogP contribution >= 0.6 is 0 Å². The van der Waals surface area contributed by atoms with Gasteiger partial charge >= 0.3 is 5.97 Å². The number of hydrogen-bond acceptors (Lipinski definition) is 4. The molecule has 1 aliphatic rings. The monoisotopic (exact) mass is 270 g/mol. The van der Waals surface area contributed by atoms with Gasteiger partial charge < -0.3 is 10.1 Å². The van der Waals surface area contributed by atoms with E-state index in [1.807, 2.05) is 20.8 Å². The third kappa shape index (κ3) is 5.59. The Kier molecular flexibility index (Phi) is 5.79. The number of nitrogens with one attached hydrogen (secondary N) is 1. The van der Waals surface area contributed by atoms with Crippen molar-refractivity contribution in [2.45, 2.75) is 58.1 Å². The lowest BCUT2D eigenvalue weighted by Gasteiger charge is -2.34. The van der Waals surface area contributed by atoms with Gasteiger partial charge in [-0.05, 0) is 40.2 Å². The summed E-state index contributed by atoms with van der Waals surface area (Å²) < 4.78 is 5.28. The fraction of sp³-hybridized carbons (Fsp3) is 0.857. The highest BCUT2D eigenvalue weighted by Crippen LogP contribution is 2.18. The second-order valence-electron chi connectivity index (χ2n) is 6.00. The Morgan fingerprint density at radius 2 is 2.00 bits per heavy atom. The lowest BCUT2D eigenvalue weighted by molar-refractivity contribution is -0.155. The lowest BCUT2D eigenvalue weighted by Crippen LogP contribution is -2.49. The molecule has 1 amide bonds. The second-order valence-corrected chi connectivity index (χ2v) is 6.00. The molecule has 1 heterocycles. The van der Waals surface area contributed by atoms with Gasteiger partial charge in [-0.1, -0.05) is 6.42 Å². The molecule has 1 fully saturated rings. The van der Waals surface area contributed by atoms with Gasteiger partial charge in [0.25, 0.3) is 0 Å². The average molecular weight is 270 g/mol. The minimum absolute atomic E-state index is 0.0453. The number of esters is 1. The van der Waals surface area contributed by atoms with E-state index in [1.165, 1.54) is 0 Å². The summed E-state index contributed by atoms with van der Waals surface area (Å²) in [6, 6.07) is -0.0961. The zero-order chi connectivity index (χ0) is 14.5. The van der Waals surface area contributed by atoms with E-state index in [4.69, 9.17) is 4.74 Å². The second kappa shape index (κ2) is 6.89. The van der Waals surface area contributed by atoms with E-state index < -0.39 is 5.60 Å². The summed E-state index contributed by atoms with van der Waals surface area (Å²) in [5.41, 5.74) is -0.445. The highest BCUT2D eigenvalue weighted by molar-refractivity contribution is 5.81. The predicted octanol–water partition coefficient (Wildman–Crippen LogP) is 1.32. The zero-order valence-corrected chi connectivity index (χ0v) is 12.5. The molecule has 0 spiro atoms. The van der Waals surface area contributed by atoms with Crippen LogP contribution in [0.3, 0.4) is 0 Å². The summed E-state index contributed by atoms with van der Waals surface area (Å²) >= 11 is 0. The molecule has 1 unspecified atom stereocenters. The molecule has 1 atom stereocenters. The van der Waals surface area contributed by atoms with Crippen molar-refractivity contribution in [1.29, 1.82) is 0 Å². The normalized spacial score (nSPS) is 20.9. The summed E-state index contributed by atoms with van der Waals surface area (Å²) in [4.78, 5) is 25.6. The van der Waals surface area contributed by atoms with Crippen LogP contribution in [0.15, 0.2) is 0 Å². The molecule has 1 rings (SSSR count). The van der Waals surface area contributed by atoms with E-state index in [-0.39, 0.29) is 17.9 Å². The van der Waals surface area contributed by atoms with Crippen LogP contribution in [-0.2, 0) is 14.3 Å². The number of piperidine rings is 1. The summed E-state index contributed by atoms with van der Waals surface area (Å²) in [6.07, 6.45) is 3.36. The number of ether oxygens (including phenoxy) is 1. The maximum absolute atomic E-state index is 11.8. The van der Waals surface area contributed by atoms with Crippen molar-refractivity contribution in [1.82, 2.24) is 10.2 Å². The number of carbonyl (C=O) groups is 2. The van der Waals surface area contributed by atoms with Gasteiger partial charge in [-0.25, -0.2) is 0 Å². The number of carbonyl (C=O) groups excluding carboxylic acids is 2. The van der Waals surface area contributed by atoms with Crippen LogP contribution in [0.2, 0.25) is 0 Å². The number of amides is 1. The number of rotatable bonds is 4. The van der Waals surface area contributed by atoms with Crippen molar-refractivity contribution >= 4 is 11.9 Å². The molecule has 0 bridgehead atoms. The molecule has 5 heteroatoms. The van der Waals surface area contributed by atoms with Gasteiger partial charge in [0.05, 0.1) is 12.5 Å². The number of likely N-dealkylation sites (tertiary alicyclic amines) is 1. The van der Waals surface area contributed by atoms with Crippen molar-refractivity contribution in [3.8, 4) is 0 Å². The summed E-state index contributed by atoms with van der Waals surface area (Å²) in [7, 11) is 1.66. The molecule has 0 radical (unpaired) electrons. The Bertz CT molecular complexity index is 323. The van der Waals surface area contributed by atoms with Crippen LogP contribution in [0.1, 0.15) is 46.5 Å². The summed E-state index contributed by atoms with van der Waals surface area (Å²) in [5.74, 6) is -0.155. The van der Waals surface area contributed by atoms with Gasteiger partial charge in [-0.2, -0.15) is 0 Å². The van der Waals surface area contributed by atoms with Gasteiger partial charge in [0.1, 0.15) is 5.60 Å². The van der Waals surface area contributed by atoms with Crippen LogP contribution in [0.5, 0.6) is 0 Å². The SMILES string of the molecule is CNC(=O)C1CCCCN1CCC(=O)OC(C)(C)C. The fourth-order valence-corrected chi connectivity index (χ4v) is 2.35. The van der Waals surface area contributed by atoms with Gasteiger partial charge in [0, 0.05) is 13.6 Å². The van der Waals surface area contributed by atoms with Gasteiger partial charge in [-0.3, -0.25) is 14.5 Å². The number of likely N-dealkylation sites (N-methyl/N-ethyl adjacent to an activating group) is 1. The third-order valence-electron chi connectivity index (χ3n) is 3.19. The van der Waals surface area contributed by atoms with E-state index in [0.717, 1.165) is 25.8 Å². The van der Waals surface area contributed by atoms with E-state index in [9.17, 15) is 9.59 Å². The molecule has 0 aliphatic carbocycles. The quantitative estimate of drug-likeness (QED) is 0.783. The minimum Gasteiger partial charge on any atom is -0.460 e. The van der Waals surface area contributed by atoms with Crippen LogP contribution in [0.25, 0.3) is 0 Å². The molecule has 5 nitrogen and oxygen atoms in total. The van der Waals surface area contributed by atoms with Crippen LogP contribution < -0.4 is 5.32 Å². The number of nitrogens with zero attached hydrogens (tertiary/aromatic N) is 1.